The molecule has 0 radical (unpaired) electrons. The summed E-state index contributed by atoms with van der Waals surface area (Å²) in [7, 11) is 2.53. The average Bonchev–Trinajstić information content (AvgIpc) is 2.66. The molecule has 0 aliphatic carbocycles. The molecule has 1 N–H and O–H groups in total. The van der Waals surface area contributed by atoms with Crippen molar-refractivity contribution in [2.45, 2.75) is 12.5 Å². The molecule has 0 saturated carbocycles. The van der Waals surface area contributed by atoms with Gasteiger partial charge in [-0.25, -0.2) is 9.18 Å². The van der Waals surface area contributed by atoms with Crippen LogP contribution < -0.4 is 10.1 Å². The molecule has 142 valence electrons. The topological polar surface area (TPSA) is 108 Å². The SMILES string of the molecule is COC(=O)[C@@H](Cc1cc([N+](=O)[O-])ccc1OC)NC(=O)c1cccc(F)c1. The third-order valence-corrected chi connectivity index (χ3v) is 3.78. The van der Waals surface area contributed by atoms with Crippen LogP contribution in [0.15, 0.2) is 42.5 Å². The molecule has 1 atom stereocenters. The van der Waals surface area contributed by atoms with Gasteiger partial charge in [-0.1, -0.05) is 6.07 Å². The number of rotatable bonds is 7. The largest absolute Gasteiger partial charge is 0.496 e. The molecular formula is C18H17FN2O6. The van der Waals surface area contributed by atoms with E-state index in [-0.39, 0.29) is 17.7 Å². The van der Waals surface area contributed by atoms with E-state index in [0.717, 1.165) is 13.2 Å². The number of amides is 1. The van der Waals surface area contributed by atoms with E-state index >= 15 is 0 Å². The number of esters is 1. The van der Waals surface area contributed by atoms with Crippen LogP contribution in [0.2, 0.25) is 0 Å². The number of methoxy groups -OCH3 is 2. The number of carbonyl (C=O) groups excluding carboxylic acids is 2. The van der Waals surface area contributed by atoms with Crippen molar-refractivity contribution in [3.8, 4) is 5.75 Å². The normalized spacial score (nSPS) is 11.4. The fourth-order valence-electron chi connectivity index (χ4n) is 2.46. The maximum absolute atomic E-state index is 13.3. The molecule has 1 amide bonds. The predicted molar refractivity (Wildman–Crippen MR) is 93.0 cm³/mol. The van der Waals surface area contributed by atoms with Gasteiger partial charge in [0.25, 0.3) is 11.6 Å². The van der Waals surface area contributed by atoms with E-state index in [2.05, 4.69) is 5.32 Å². The van der Waals surface area contributed by atoms with E-state index in [1.165, 1.54) is 43.5 Å². The highest BCUT2D eigenvalue weighted by Gasteiger charge is 2.25. The second kappa shape index (κ2) is 8.75. The van der Waals surface area contributed by atoms with Gasteiger partial charge in [0.05, 0.1) is 19.1 Å². The van der Waals surface area contributed by atoms with Gasteiger partial charge < -0.3 is 14.8 Å². The molecule has 0 saturated heterocycles. The predicted octanol–water partition coefficient (Wildman–Crippen LogP) is 2.26. The Hall–Kier alpha value is -3.49. The summed E-state index contributed by atoms with van der Waals surface area (Å²) in [6.45, 7) is 0. The van der Waals surface area contributed by atoms with Crippen molar-refractivity contribution in [1.29, 1.82) is 0 Å². The number of benzene rings is 2. The molecule has 9 heteroatoms. The lowest BCUT2D eigenvalue weighted by molar-refractivity contribution is -0.384. The zero-order valence-corrected chi connectivity index (χ0v) is 14.6. The first kappa shape index (κ1) is 19.8. The highest BCUT2D eigenvalue weighted by molar-refractivity contribution is 5.96. The van der Waals surface area contributed by atoms with E-state index in [1.807, 2.05) is 0 Å². The van der Waals surface area contributed by atoms with Crippen LogP contribution in [-0.2, 0) is 16.0 Å². The van der Waals surface area contributed by atoms with Crippen molar-refractivity contribution in [1.82, 2.24) is 5.32 Å². The highest BCUT2D eigenvalue weighted by Crippen LogP contribution is 2.25. The molecule has 0 bridgehead atoms. The Bertz CT molecular complexity index is 871. The van der Waals surface area contributed by atoms with Crippen LogP contribution in [0.1, 0.15) is 15.9 Å². The van der Waals surface area contributed by atoms with Gasteiger partial charge in [0.1, 0.15) is 17.6 Å². The zero-order valence-electron chi connectivity index (χ0n) is 14.6. The average molecular weight is 376 g/mol. The van der Waals surface area contributed by atoms with Crippen LogP contribution in [-0.4, -0.2) is 37.1 Å². The number of nitrogens with one attached hydrogen (secondary N) is 1. The molecule has 0 spiro atoms. The summed E-state index contributed by atoms with van der Waals surface area (Å²) in [4.78, 5) is 34.8. The number of nitro benzene ring substituents is 1. The van der Waals surface area contributed by atoms with Crippen LogP contribution in [0.4, 0.5) is 10.1 Å². The third kappa shape index (κ3) is 5.00. The minimum Gasteiger partial charge on any atom is -0.496 e. The molecule has 2 aromatic rings. The number of halogens is 1. The van der Waals surface area contributed by atoms with Gasteiger partial charge in [0, 0.05) is 29.7 Å². The fraction of sp³-hybridized carbons (Fsp3) is 0.222. The smallest absolute Gasteiger partial charge is 0.328 e. The molecule has 8 nitrogen and oxygen atoms in total. The number of hydrogen-bond donors (Lipinski definition) is 1. The summed E-state index contributed by atoms with van der Waals surface area (Å²) in [5, 5.41) is 13.4. The van der Waals surface area contributed by atoms with Gasteiger partial charge >= 0.3 is 5.97 Å². The van der Waals surface area contributed by atoms with Crippen molar-refractivity contribution in [3.63, 3.8) is 0 Å². The summed E-state index contributed by atoms with van der Waals surface area (Å²) >= 11 is 0. The van der Waals surface area contributed by atoms with E-state index < -0.39 is 28.7 Å². The zero-order chi connectivity index (χ0) is 20.0. The maximum Gasteiger partial charge on any atom is 0.328 e. The molecule has 2 rings (SSSR count). The molecule has 0 fully saturated rings. The molecular weight excluding hydrogens is 359 g/mol. The Morgan fingerprint density at radius 3 is 2.56 bits per heavy atom. The summed E-state index contributed by atoms with van der Waals surface area (Å²) < 4.78 is 23.2. The van der Waals surface area contributed by atoms with Gasteiger partial charge in [-0.3, -0.25) is 14.9 Å². The first-order chi connectivity index (χ1) is 12.8. The van der Waals surface area contributed by atoms with Crippen molar-refractivity contribution < 1.29 is 28.4 Å². The number of nitro groups is 1. The number of nitrogens with zero attached hydrogens (tertiary/aromatic N) is 1. The third-order valence-electron chi connectivity index (χ3n) is 3.78. The van der Waals surface area contributed by atoms with Crippen molar-refractivity contribution in [2.75, 3.05) is 14.2 Å². The first-order valence-corrected chi connectivity index (χ1v) is 7.81. The lowest BCUT2D eigenvalue weighted by atomic mass is 10.0. The molecule has 0 aliphatic rings. The summed E-state index contributed by atoms with van der Waals surface area (Å²) in [6, 6.07) is 7.73. The molecule has 0 unspecified atom stereocenters. The summed E-state index contributed by atoms with van der Waals surface area (Å²) in [5.74, 6) is -1.73. The standard InChI is InChI=1S/C18H17FN2O6/c1-26-16-7-6-14(21(24)25)9-12(16)10-15(18(23)27-2)20-17(22)11-4-3-5-13(19)8-11/h3-9,15H,10H2,1-2H3,(H,20,22)/t15-/m1/s1. The van der Waals surface area contributed by atoms with Crippen molar-refractivity contribution >= 4 is 17.6 Å². The van der Waals surface area contributed by atoms with Gasteiger partial charge in [0.15, 0.2) is 0 Å². The minimum atomic E-state index is -1.15. The number of ether oxygens (including phenoxy) is 2. The maximum atomic E-state index is 13.3. The number of carbonyl (C=O) groups is 2. The number of non-ortho nitro benzene ring substituents is 1. The Balaban J connectivity index is 2.29. The second-order valence-electron chi connectivity index (χ2n) is 5.52. The highest BCUT2D eigenvalue weighted by atomic mass is 19.1. The molecule has 0 aliphatic heterocycles. The van der Waals surface area contributed by atoms with Crippen LogP contribution in [0.25, 0.3) is 0 Å². The van der Waals surface area contributed by atoms with E-state index in [1.54, 1.807) is 0 Å². The first-order valence-electron chi connectivity index (χ1n) is 7.81. The van der Waals surface area contributed by atoms with Crippen LogP contribution in [0.5, 0.6) is 5.75 Å². The Morgan fingerprint density at radius 1 is 1.22 bits per heavy atom. The Morgan fingerprint density at radius 2 is 1.96 bits per heavy atom. The van der Waals surface area contributed by atoms with E-state index in [0.29, 0.717) is 11.3 Å². The lowest BCUT2D eigenvalue weighted by Gasteiger charge is -2.18. The lowest BCUT2D eigenvalue weighted by Crippen LogP contribution is -2.43. The Labute approximate surface area is 154 Å². The summed E-state index contributed by atoms with van der Waals surface area (Å²) in [6.07, 6.45) is -0.113. The van der Waals surface area contributed by atoms with Crippen molar-refractivity contribution in [3.05, 3.63) is 69.5 Å². The molecule has 0 aromatic heterocycles. The monoisotopic (exact) mass is 376 g/mol. The molecule has 0 heterocycles. The van der Waals surface area contributed by atoms with E-state index in [9.17, 15) is 24.1 Å². The van der Waals surface area contributed by atoms with E-state index in [4.69, 9.17) is 9.47 Å². The number of hydrogen-bond acceptors (Lipinski definition) is 6. The van der Waals surface area contributed by atoms with Crippen LogP contribution in [0, 0.1) is 15.9 Å². The Kier molecular flexibility index (Phi) is 6.42. The summed E-state index contributed by atoms with van der Waals surface area (Å²) in [5.41, 5.74) is 0.169. The molecule has 27 heavy (non-hydrogen) atoms. The second-order valence-corrected chi connectivity index (χ2v) is 5.52. The van der Waals surface area contributed by atoms with Gasteiger partial charge in [0.2, 0.25) is 0 Å². The van der Waals surface area contributed by atoms with Crippen LogP contribution in [0.3, 0.4) is 0 Å². The van der Waals surface area contributed by atoms with Gasteiger partial charge in [-0.05, 0) is 24.3 Å². The van der Waals surface area contributed by atoms with Gasteiger partial charge in [-0.2, -0.15) is 0 Å². The molecule has 2 aromatic carbocycles. The fourth-order valence-corrected chi connectivity index (χ4v) is 2.46. The quantitative estimate of drug-likeness (QED) is 0.451. The van der Waals surface area contributed by atoms with Gasteiger partial charge in [-0.15, -0.1) is 0 Å². The van der Waals surface area contributed by atoms with Crippen molar-refractivity contribution in [2.24, 2.45) is 0 Å². The van der Waals surface area contributed by atoms with Crippen LogP contribution >= 0.6 is 0 Å². The minimum absolute atomic E-state index is 0.0231.